The zero-order valence-electron chi connectivity index (χ0n) is 20.5. The number of hydrogen-bond donors (Lipinski definition) is 4. The van der Waals surface area contributed by atoms with E-state index in [1.54, 1.807) is 60.7 Å². The molecule has 5 rings (SSSR count). The molecule has 0 spiro atoms. The van der Waals surface area contributed by atoms with Crippen molar-refractivity contribution in [3.63, 3.8) is 0 Å². The topological polar surface area (TPSA) is 122 Å². The van der Waals surface area contributed by atoms with Crippen LogP contribution in [0.15, 0.2) is 109 Å². The van der Waals surface area contributed by atoms with Crippen LogP contribution in [0, 0.1) is 0 Å². The highest BCUT2D eigenvalue weighted by Gasteiger charge is 2.40. The summed E-state index contributed by atoms with van der Waals surface area (Å²) in [6.07, 6.45) is -1.70. The summed E-state index contributed by atoms with van der Waals surface area (Å²) in [5.41, 5.74) is 10.4. The fourth-order valence-electron chi connectivity index (χ4n) is 5.08. The fraction of sp³-hybridized carbons (Fsp3) is 0.129. The molecule has 0 aliphatic heterocycles. The molecule has 0 saturated carbocycles. The standard InChI is InChI=1S/C31H27N3O4/c32-29(36)27(25-23-17-9-7-15-21(23)22-16-8-10-18-24(22)25)34-31(38)28(35)26(19-11-3-1-4-12-19)33-30(37)20-13-5-2-6-14-20/h1-18,25-28,35H,(H2,32,36)(H,33,37)(H,34,38)/t26-,27+,28+/m0/s1. The average molecular weight is 506 g/mol. The third-order valence-corrected chi connectivity index (χ3v) is 6.89. The molecule has 0 fully saturated rings. The van der Waals surface area contributed by atoms with Crippen molar-refractivity contribution in [2.45, 2.75) is 24.1 Å². The predicted molar refractivity (Wildman–Crippen MR) is 144 cm³/mol. The van der Waals surface area contributed by atoms with Gasteiger partial charge in [-0.1, -0.05) is 97.1 Å². The maximum Gasteiger partial charge on any atom is 0.252 e. The van der Waals surface area contributed by atoms with Gasteiger partial charge in [0.15, 0.2) is 6.10 Å². The lowest BCUT2D eigenvalue weighted by Crippen LogP contribution is -2.53. The molecule has 38 heavy (non-hydrogen) atoms. The first-order valence-corrected chi connectivity index (χ1v) is 12.3. The van der Waals surface area contributed by atoms with Crippen LogP contribution < -0.4 is 16.4 Å². The molecule has 3 amide bonds. The molecule has 7 heteroatoms. The summed E-state index contributed by atoms with van der Waals surface area (Å²) in [5, 5.41) is 16.7. The average Bonchev–Trinajstić information content (AvgIpc) is 3.29. The lowest BCUT2D eigenvalue weighted by atomic mass is 9.88. The highest BCUT2D eigenvalue weighted by atomic mass is 16.3. The van der Waals surface area contributed by atoms with Crippen LogP contribution in [0.1, 0.15) is 39.0 Å². The molecule has 4 aromatic carbocycles. The number of nitrogens with one attached hydrogen (secondary N) is 2. The molecule has 0 aromatic heterocycles. The normalized spacial score (nSPS) is 14.4. The Morgan fingerprint density at radius 2 is 1.18 bits per heavy atom. The van der Waals surface area contributed by atoms with Gasteiger partial charge in [-0.05, 0) is 39.9 Å². The third kappa shape index (κ3) is 4.79. The molecule has 4 aromatic rings. The van der Waals surface area contributed by atoms with Crippen LogP contribution >= 0.6 is 0 Å². The van der Waals surface area contributed by atoms with Gasteiger partial charge in [-0.3, -0.25) is 14.4 Å². The molecule has 1 aliphatic carbocycles. The van der Waals surface area contributed by atoms with Crippen LogP contribution in [0.5, 0.6) is 0 Å². The molecular formula is C31H27N3O4. The Morgan fingerprint density at radius 3 is 1.74 bits per heavy atom. The number of amides is 3. The monoisotopic (exact) mass is 505 g/mol. The van der Waals surface area contributed by atoms with E-state index in [-0.39, 0.29) is 0 Å². The van der Waals surface area contributed by atoms with E-state index in [4.69, 9.17) is 5.73 Å². The van der Waals surface area contributed by atoms with Crippen molar-refractivity contribution in [3.8, 4) is 11.1 Å². The highest BCUT2D eigenvalue weighted by Crippen LogP contribution is 2.46. The zero-order chi connectivity index (χ0) is 26.6. The molecule has 0 unspecified atom stereocenters. The Hall–Kier alpha value is -4.75. The van der Waals surface area contributed by atoms with Gasteiger partial charge in [0.2, 0.25) is 5.91 Å². The van der Waals surface area contributed by atoms with E-state index in [2.05, 4.69) is 10.6 Å². The number of rotatable bonds is 8. The first-order chi connectivity index (χ1) is 18.5. The Labute approximate surface area is 220 Å². The summed E-state index contributed by atoms with van der Waals surface area (Å²) in [7, 11) is 0. The SMILES string of the molecule is NC(=O)[C@H](NC(=O)[C@H](O)[C@@H](NC(=O)c1ccccc1)c1ccccc1)C1c2ccccc2-c2ccccc21. The van der Waals surface area contributed by atoms with Gasteiger partial charge in [0.1, 0.15) is 6.04 Å². The summed E-state index contributed by atoms with van der Waals surface area (Å²) in [4.78, 5) is 39.1. The lowest BCUT2D eigenvalue weighted by molar-refractivity contribution is -0.134. The zero-order valence-corrected chi connectivity index (χ0v) is 20.5. The first-order valence-electron chi connectivity index (χ1n) is 12.3. The molecule has 1 aliphatic rings. The van der Waals surface area contributed by atoms with Gasteiger partial charge in [0.25, 0.3) is 11.8 Å². The number of aliphatic hydroxyl groups excluding tert-OH is 1. The van der Waals surface area contributed by atoms with Gasteiger partial charge in [-0.15, -0.1) is 0 Å². The lowest BCUT2D eigenvalue weighted by Gasteiger charge is -2.28. The van der Waals surface area contributed by atoms with Crippen molar-refractivity contribution in [3.05, 3.63) is 131 Å². The van der Waals surface area contributed by atoms with E-state index in [1.165, 1.54) is 0 Å². The minimum atomic E-state index is -1.70. The number of carbonyl (C=O) groups excluding carboxylic acids is 3. The molecule has 7 nitrogen and oxygen atoms in total. The van der Waals surface area contributed by atoms with Crippen molar-refractivity contribution in [2.75, 3.05) is 0 Å². The Morgan fingerprint density at radius 1 is 0.684 bits per heavy atom. The summed E-state index contributed by atoms with van der Waals surface area (Å²) in [6, 6.07) is 30.4. The minimum Gasteiger partial charge on any atom is -0.381 e. The number of hydrogen-bond acceptors (Lipinski definition) is 4. The molecule has 0 bridgehead atoms. The van der Waals surface area contributed by atoms with Gasteiger partial charge in [0, 0.05) is 11.5 Å². The van der Waals surface area contributed by atoms with Crippen molar-refractivity contribution in [1.29, 1.82) is 0 Å². The van der Waals surface area contributed by atoms with E-state index < -0.39 is 41.8 Å². The second-order valence-corrected chi connectivity index (χ2v) is 9.21. The van der Waals surface area contributed by atoms with E-state index >= 15 is 0 Å². The summed E-state index contributed by atoms with van der Waals surface area (Å²) in [6.45, 7) is 0. The van der Waals surface area contributed by atoms with Crippen LogP contribution in [0.4, 0.5) is 0 Å². The minimum absolute atomic E-state index is 0.384. The molecular weight excluding hydrogens is 478 g/mol. The van der Waals surface area contributed by atoms with E-state index in [0.717, 1.165) is 22.3 Å². The molecule has 0 radical (unpaired) electrons. The number of fused-ring (bicyclic) bond motifs is 3. The fourth-order valence-corrected chi connectivity index (χ4v) is 5.08. The van der Waals surface area contributed by atoms with E-state index in [1.807, 2.05) is 48.5 Å². The van der Waals surface area contributed by atoms with Crippen molar-refractivity contribution < 1.29 is 19.5 Å². The van der Waals surface area contributed by atoms with Gasteiger partial charge >= 0.3 is 0 Å². The number of nitrogens with two attached hydrogens (primary N) is 1. The smallest absolute Gasteiger partial charge is 0.252 e. The van der Waals surface area contributed by atoms with Gasteiger partial charge in [0.05, 0.1) is 6.04 Å². The van der Waals surface area contributed by atoms with Crippen LogP contribution in [0.2, 0.25) is 0 Å². The molecule has 190 valence electrons. The van der Waals surface area contributed by atoms with Crippen LogP contribution in [-0.4, -0.2) is 35.0 Å². The van der Waals surface area contributed by atoms with Crippen LogP contribution in [0.25, 0.3) is 11.1 Å². The number of carbonyl (C=O) groups is 3. The highest BCUT2D eigenvalue weighted by molar-refractivity contribution is 5.96. The first kappa shape index (κ1) is 24.9. The van der Waals surface area contributed by atoms with Crippen molar-refractivity contribution in [2.24, 2.45) is 5.73 Å². The summed E-state index contributed by atoms with van der Waals surface area (Å²) < 4.78 is 0. The van der Waals surface area contributed by atoms with Crippen LogP contribution in [-0.2, 0) is 9.59 Å². The molecule has 5 N–H and O–H groups in total. The molecule has 3 atom stereocenters. The Bertz CT molecular complexity index is 1430. The van der Waals surface area contributed by atoms with Crippen molar-refractivity contribution in [1.82, 2.24) is 10.6 Å². The maximum atomic E-state index is 13.5. The summed E-state index contributed by atoms with van der Waals surface area (Å²) in [5.74, 6) is -2.52. The number of benzene rings is 4. The van der Waals surface area contributed by atoms with Crippen molar-refractivity contribution >= 4 is 17.7 Å². The largest absolute Gasteiger partial charge is 0.381 e. The second-order valence-electron chi connectivity index (χ2n) is 9.21. The van der Waals surface area contributed by atoms with Gasteiger partial charge in [-0.25, -0.2) is 0 Å². The molecule has 0 heterocycles. The summed E-state index contributed by atoms with van der Waals surface area (Å²) >= 11 is 0. The third-order valence-electron chi connectivity index (χ3n) is 6.89. The molecule has 0 saturated heterocycles. The Balaban J connectivity index is 1.44. The Kier molecular flexibility index (Phi) is 7.02. The number of aliphatic hydroxyl groups is 1. The predicted octanol–water partition coefficient (Wildman–Crippen LogP) is 3.30. The maximum absolute atomic E-state index is 13.5. The van der Waals surface area contributed by atoms with Crippen LogP contribution in [0.3, 0.4) is 0 Å². The van der Waals surface area contributed by atoms with E-state index in [9.17, 15) is 19.5 Å². The quantitative estimate of drug-likeness (QED) is 0.294. The van der Waals surface area contributed by atoms with E-state index in [0.29, 0.717) is 11.1 Å². The number of primary amides is 1. The van der Waals surface area contributed by atoms with Gasteiger partial charge in [-0.2, -0.15) is 0 Å². The second kappa shape index (κ2) is 10.7. The van der Waals surface area contributed by atoms with Gasteiger partial charge < -0.3 is 21.5 Å².